The number of nitrogens with one attached hydrogen (secondary N) is 2. The molecule has 0 bridgehead atoms. The molecule has 7 heteroatoms. The van der Waals surface area contributed by atoms with Gasteiger partial charge in [0, 0.05) is 30.4 Å². The third-order valence-electron chi connectivity index (χ3n) is 5.80. The highest BCUT2D eigenvalue weighted by Gasteiger charge is 2.36. The highest BCUT2D eigenvalue weighted by atomic mass is 19.1. The summed E-state index contributed by atoms with van der Waals surface area (Å²) in [5.74, 6) is -1.58. The number of aryl methyl sites for hydroxylation is 1. The second-order valence-corrected chi connectivity index (χ2v) is 8.66. The minimum absolute atomic E-state index is 0.191. The molecule has 1 aliphatic heterocycles. The Morgan fingerprint density at radius 1 is 1.09 bits per heavy atom. The standard InChI is InChI=1S/C27H27FN4O2/c1-16-13-18(26(33)29-2)7-11-21(16)25(30-20-9-5-17(6-10-20)15-32(3)4)24-22-12-8-19(28)14-23(22)31-27(24)34/h5-14,24H,15H2,1-4H3,(H,29,33)(H,31,34). The van der Waals surface area contributed by atoms with Crippen LogP contribution in [0.4, 0.5) is 15.8 Å². The smallest absolute Gasteiger partial charge is 0.251 e. The first kappa shape index (κ1) is 23.3. The first-order chi connectivity index (χ1) is 16.3. The van der Waals surface area contributed by atoms with Gasteiger partial charge in [-0.3, -0.25) is 14.6 Å². The molecular weight excluding hydrogens is 431 g/mol. The van der Waals surface area contributed by atoms with Gasteiger partial charge >= 0.3 is 0 Å². The van der Waals surface area contributed by atoms with Crippen LogP contribution in [-0.2, 0) is 11.3 Å². The van der Waals surface area contributed by atoms with Crippen LogP contribution in [0, 0.1) is 12.7 Å². The number of aliphatic imine (C=N–C) groups is 1. The SMILES string of the molecule is CNC(=O)c1ccc(C(=Nc2ccc(CN(C)C)cc2)C2C(=O)Nc3cc(F)ccc32)c(C)c1. The van der Waals surface area contributed by atoms with E-state index in [1.165, 1.54) is 12.1 Å². The van der Waals surface area contributed by atoms with Crippen LogP contribution >= 0.6 is 0 Å². The van der Waals surface area contributed by atoms with Gasteiger partial charge in [0.2, 0.25) is 5.91 Å². The predicted octanol–water partition coefficient (Wildman–Crippen LogP) is 4.41. The van der Waals surface area contributed by atoms with E-state index in [9.17, 15) is 14.0 Å². The van der Waals surface area contributed by atoms with Crippen molar-refractivity contribution in [3.8, 4) is 0 Å². The molecule has 2 N–H and O–H groups in total. The Labute approximate surface area is 198 Å². The maximum absolute atomic E-state index is 13.8. The summed E-state index contributed by atoms with van der Waals surface area (Å²) in [6.45, 7) is 2.69. The van der Waals surface area contributed by atoms with Crippen LogP contribution < -0.4 is 10.6 Å². The Morgan fingerprint density at radius 3 is 2.47 bits per heavy atom. The number of amides is 2. The van der Waals surface area contributed by atoms with Crippen molar-refractivity contribution in [1.29, 1.82) is 0 Å². The van der Waals surface area contributed by atoms with Gasteiger partial charge in [0.25, 0.3) is 5.91 Å². The lowest BCUT2D eigenvalue weighted by atomic mass is 9.88. The van der Waals surface area contributed by atoms with Gasteiger partial charge in [-0.15, -0.1) is 0 Å². The quantitative estimate of drug-likeness (QED) is 0.538. The van der Waals surface area contributed by atoms with Crippen molar-refractivity contribution in [3.05, 3.63) is 94.3 Å². The van der Waals surface area contributed by atoms with Crippen LogP contribution in [0.2, 0.25) is 0 Å². The molecule has 34 heavy (non-hydrogen) atoms. The van der Waals surface area contributed by atoms with Gasteiger partial charge in [0.15, 0.2) is 0 Å². The zero-order valence-corrected chi connectivity index (χ0v) is 19.6. The molecule has 6 nitrogen and oxygen atoms in total. The minimum atomic E-state index is -0.707. The van der Waals surface area contributed by atoms with Gasteiger partial charge in [-0.1, -0.05) is 24.3 Å². The number of hydrogen-bond acceptors (Lipinski definition) is 4. The van der Waals surface area contributed by atoms with Gasteiger partial charge in [-0.25, -0.2) is 4.39 Å². The fourth-order valence-electron chi connectivity index (χ4n) is 4.20. The third kappa shape index (κ3) is 4.75. The predicted molar refractivity (Wildman–Crippen MR) is 132 cm³/mol. The lowest BCUT2D eigenvalue weighted by Crippen LogP contribution is -2.23. The molecule has 4 rings (SSSR count). The van der Waals surface area contributed by atoms with E-state index in [1.54, 1.807) is 25.2 Å². The molecule has 0 saturated heterocycles. The van der Waals surface area contributed by atoms with Gasteiger partial charge < -0.3 is 15.5 Å². The number of carbonyl (C=O) groups excluding carboxylic acids is 2. The highest BCUT2D eigenvalue weighted by Crippen LogP contribution is 2.37. The zero-order valence-electron chi connectivity index (χ0n) is 19.6. The Bertz CT molecular complexity index is 1280. The molecule has 0 spiro atoms. The molecule has 0 fully saturated rings. The lowest BCUT2D eigenvalue weighted by molar-refractivity contribution is -0.115. The van der Waals surface area contributed by atoms with Crippen molar-refractivity contribution in [1.82, 2.24) is 10.2 Å². The normalized spacial score (nSPS) is 15.3. The van der Waals surface area contributed by atoms with Crippen molar-refractivity contribution in [2.75, 3.05) is 26.5 Å². The number of anilines is 1. The van der Waals surface area contributed by atoms with E-state index in [-0.39, 0.29) is 11.8 Å². The fraction of sp³-hybridized carbons (Fsp3) is 0.222. The molecule has 174 valence electrons. The number of hydrogen-bond donors (Lipinski definition) is 2. The summed E-state index contributed by atoms with van der Waals surface area (Å²) in [5, 5.41) is 5.41. The van der Waals surface area contributed by atoms with Gasteiger partial charge in [-0.05, 0) is 74.1 Å². The molecule has 0 aliphatic carbocycles. The van der Waals surface area contributed by atoms with Gasteiger partial charge in [0.1, 0.15) is 11.7 Å². The summed E-state index contributed by atoms with van der Waals surface area (Å²) in [6.07, 6.45) is 0. The van der Waals surface area contributed by atoms with Crippen molar-refractivity contribution in [3.63, 3.8) is 0 Å². The Hall–Kier alpha value is -3.84. The number of benzene rings is 3. The molecule has 3 aromatic rings. The van der Waals surface area contributed by atoms with E-state index in [1.807, 2.05) is 51.4 Å². The van der Waals surface area contributed by atoms with Crippen LogP contribution in [0.15, 0.2) is 65.7 Å². The van der Waals surface area contributed by atoms with Crippen molar-refractivity contribution < 1.29 is 14.0 Å². The Balaban J connectivity index is 1.84. The summed E-state index contributed by atoms with van der Waals surface area (Å²) >= 11 is 0. The van der Waals surface area contributed by atoms with Crippen LogP contribution in [0.5, 0.6) is 0 Å². The van der Waals surface area contributed by atoms with E-state index in [0.717, 1.165) is 23.2 Å². The van der Waals surface area contributed by atoms with E-state index in [0.29, 0.717) is 28.2 Å². The van der Waals surface area contributed by atoms with Crippen molar-refractivity contribution >= 4 is 28.9 Å². The zero-order chi connectivity index (χ0) is 24.4. The molecule has 3 aromatic carbocycles. The Kier molecular flexibility index (Phi) is 6.56. The number of rotatable bonds is 6. The van der Waals surface area contributed by atoms with Gasteiger partial charge in [-0.2, -0.15) is 0 Å². The largest absolute Gasteiger partial charge is 0.355 e. The number of nitrogens with zero attached hydrogens (tertiary/aromatic N) is 2. The molecule has 2 amide bonds. The first-order valence-corrected chi connectivity index (χ1v) is 11.0. The van der Waals surface area contributed by atoms with Crippen LogP contribution in [0.1, 0.15) is 38.5 Å². The average Bonchev–Trinajstić information content (AvgIpc) is 3.12. The molecule has 1 atom stereocenters. The second-order valence-electron chi connectivity index (χ2n) is 8.66. The van der Waals surface area contributed by atoms with Gasteiger partial charge in [0.05, 0.1) is 11.4 Å². The number of carbonyl (C=O) groups is 2. The highest BCUT2D eigenvalue weighted by molar-refractivity contribution is 6.24. The van der Waals surface area contributed by atoms with E-state index in [4.69, 9.17) is 4.99 Å². The summed E-state index contributed by atoms with van der Waals surface area (Å²) in [7, 11) is 5.60. The molecule has 1 heterocycles. The second kappa shape index (κ2) is 9.57. The maximum Gasteiger partial charge on any atom is 0.251 e. The molecular formula is C27H27FN4O2. The first-order valence-electron chi connectivity index (χ1n) is 11.0. The monoisotopic (exact) mass is 458 g/mol. The molecule has 1 unspecified atom stereocenters. The van der Waals surface area contributed by atoms with Crippen LogP contribution in [0.3, 0.4) is 0 Å². The summed E-state index contributed by atoms with van der Waals surface area (Å²) in [6, 6.07) is 17.5. The summed E-state index contributed by atoms with van der Waals surface area (Å²) < 4.78 is 13.8. The van der Waals surface area contributed by atoms with E-state index >= 15 is 0 Å². The Morgan fingerprint density at radius 2 is 1.82 bits per heavy atom. The van der Waals surface area contributed by atoms with Crippen LogP contribution in [0.25, 0.3) is 0 Å². The third-order valence-corrected chi connectivity index (χ3v) is 5.80. The van der Waals surface area contributed by atoms with Crippen LogP contribution in [-0.4, -0.2) is 43.6 Å². The topological polar surface area (TPSA) is 73.8 Å². The maximum atomic E-state index is 13.8. The summed E-state index contributed by atoms with van der Waals surface area (Å²) in [5.41, 5.74) is 5.60. The number of halogens is 1. The molecule has 0 radical (unpaired) electrons. The molecule has 0 aromatic heterocycles. The van der Waals surface area contributed by atoms with E-state index in [2.05, 4.69) is 15.5 Å². The van der Waals surface area contributed by atoms with Crippen molar-refractivity contribution in [2.24, 2.45) is 4.99 Å². The average molecular weight is 459 g/mol. The summed E-state index contributed by atoms with van der Waals surface area (Å²) in [4.78, 5) is 32.2. The molecule has 1 aliphatic rings. The minimum Gasteiger partial charge on any atom is -0.355 e. The van der Waals surface area contributed by atoms with Crippen molar-refractivity contribution in [2.45, 2.75) is 19.4 Å². The number of fused-ring (bicyclic) bond motifs is 1. The van der Waals surface area contributed by atoms with E-state index < -0.39 is 11.7 Å². The fourth-order valence-corrected chi connectivity index (χ4v) is 4.20. The lowest BCUT2D eigenvalue weighted by Gasteiger charge is -2.17. The molecule has 0 saturated carbocycles.